The van der Waals surface area contributed by atoms with Crippen molar-refractivity contribution in [3.8, 4) is 5.75 Å². The Morgan fingerprint density at radius 3 is 2.58 bits per heavy atom. The van der Waals surface area contributed by atoms with E-state index in [-0.39, 0.29) is 6.61 Å². The standard InChI is InChI=1S/C9H8BrFN2O5S/c1-5(10)4-18-8-2-6(11)9(19(12,16)17)3-7(8)13(14)15/h2-3H,1,4H2,(H2,12,16,17). The van der Waals surface area contributed by atoms with Crippen LogP contribution in [0.25, 0.3) is 0 Å². The van der Waals surface area contributed by atoms with Crippen LogP contribution in [0.5, 0.6) is 5.75 Å². The minimum Gasteiger partial charge on any atom is -0.481 e. The molecule has 1 aromatic rings. The molecule has 7 nitrogen and oxygen atoms in total. The first-order chi connectivity index (χ1) is 8.62. The lowest BCUT2D eigenvalue weighted by Gasteiger charge is -2.08. The Bertz CT molecular complexity index is 646. The van der Waals surface area contributed by atoms with Gasteiger partial charge in [0.25, 0.3) is 0 Å². The summed E-state index contributed by atoms with van der Waals surface area (Å²) in [7, 11) is -4.40. The number of nitro groups is 1. The first kappa shape index (κ1) is 15.5. The van der Waals surface area contributed by atoms with Crippen LogP contribution in [0.4, 0.5) is 10.1 Å². The van der Waals surface area contributed by atoms with Gasteiger partial charge in [0.15, 0.2) is 5.75 Å². The highest BCUT2D eigenvalue weighted by molar-refractivity contribution is 9.11. The molecule has 0 spiro atoms. The molecule has 0 aliphatic rings. The predicted molar refractivity (Wildman–Crippen MR) is 68.0 cm³/mol. The van der Waals surface area contributed by atoms with Crippen LogP contribution in [0.1, 0.15) is 0 Å². The van der Waals surface area contributed by atoms with Crippen LogP contribution in [0.15, 0.2) is 28.1 Å². The lowest BCUT2D eigenvalue weighted by Crippen LogP contribution is -2.15. The van der Waals surface area contributed by atoms with Gasteiger partial charge in [0.05, 0.1) is 4.92 Å². The van der Waals surface area contributed by atoms with E-state index >= 15 is 0 Å². The summed E-state index contributed by atoms with van der Waals surface area (Å²) in [5.41, 5.74) is -0.709. The van der Waals surface area contributed by atoms with E-state index in [1.54, 1.807) is 0 Å². The van der Waals surface area contributed by atoms with E-state index in [9.17, 15) is 22.9 Å². The third kappa shape index (κ3) is 3.98. The zero-order valence-corrected chi connectivity index (χ0v) is 11.7. The van der Waals surface area contributed by atoms with E-state index in [0.29, 0.717) is 16.6 Å². The van der Waals surface area contributed by atoms with Crippen molar-refractivity contribution in [3.63, 3.8) is 0 Å². The SMILES string of the molecule is C=C(Br)COc1cc(F)c(S(N)(=O)=O)cc1[N+](=O)[O-]. The predicted octanol–water partition coefficient (Wildman–Crippen LogP) is 1.67. The Balaban J connectivity index is 3.38. The summed E-state index contributed by atoms with van der Waals surface area (Å²) in [4.78, 5) is 8.92. The summed E-state index contributed by atoms with van der Waals surface area (Å²) in [6, 6.07) is 1.10. The van der Waals surface area contributed by atoms with Gasteiger partial charge in [-0.3, -0.25) is 10.1 Å². The Morgan fingerprint density at radius 2 is 2.16 bits per heavy atom. The summed E-state index contributed by atoms with van der Waals surface area (Å²) in [6.07, 6.45) is 0. The largest absolute Gasteiger partial charge is 0.481 e. The first-order valence-electron chi connectivity index (χ1n) is 4.59. The number of nitrogens with zero attached hydrogens (tertiary/aromatic N) is 1. The van der Waals surface area contributed by atoms with Crippen molar-refractivity contribution in [1.82, 2.24) is 0 Å². The number of benzene rings is 1. The lowest BCUT2D eigenvalue weighted by molar-refractivity contribution is -0.386. The molecule has 104 valence electrons. The number of nitrogens with two attached hydrogens (primary N) is 1. The quantitative estimate of drug-likeness (QED) is 0.638. The fraction of sp³-hybridized carbons (Fsp3) is 0.111. The van der Waals surface area contributed by atoms with Crippen LogP contribution in [0, 0.1) is 15.9 Å². The minimum absolute atomic E-state index is 0.144. The topological polar surface area (TPSA) is 113 Å². The molecule has 0 saturated heterocycles. The third-order valence-corrected chi connectivity index (χ3v) is 3.06. The molecule has 0 bridgehead atoms. The van der Waals surface area contributed by atoms with Crippen LogP contribution in [0.3, 0.4) is 0 Å². The van der Waals surface area contributed by atoms with Gasteiger partial charge >= 0.3 is 5.69 Å². The van der Waals surface area contributed by atoms with Crippen molar-refractivity contribution in [3.05, 3.63) is 39.1 Å². The minimum atomic E-state index is -4.40. The second-order valence-corrected chi connectivity index (χ2v) is 6.01. The Hall–Kier alpha value is -1.52. The fourth-order valence-electron chi connectivity index (χ4n) is 1.16. The molecule has 0 atom stereocenters. The summed E-state index contributed by atoms with van der Waals surface area (Å²) < 4.78 is 41.0. The first-order valence-corrected chi connectivity index (χ1v) is 6.93. The molecular weight excluding hydrogens is 347 g/mol. The van der Waals surface area contributed by atoms with Gasteiger partial charge < -0.3 is 4.74 Å². The average molecular weight is 355 g/mol. The van der Waals surface area contributed by atoms with Gasteiger partial charge in [0, 0.05) is 16.6 Å². The van der Waals surface area contributed by atoms with E-state index in [1.807, 2.05) is 0 Å². The van der Waals surface area contributed by atoms with Crippen molar-refractivity contribution >= 4 is 31.6 Å². The van der Waals surface area contributed by atoms with Gasteiger partial charge in [-0.15, -0.1) is 0 Å². The molecule has 0 fully saturated rings. The van der Waals surface area contributed by atoms with E-state index in [2.05, 4.69) is 22.5 Å². The zero-order chi connectivity index (χ0) is 14.8. The van der Waals surface area contributed by atoms with Crippen molar-refractivity contribution in [2.24, 2.45) is 5.14 Å². The van der Waals surface area contributed by atoms with Gasteiger partial charge in [0.1, 0.15) is 17.3 Å². The molecule has 1 rings (SSSR count). The molecule has 19 heavy (non-hydrogen) atoms. The second kappa shape index (κ2) is 5.63. The van der Waals surface area contributed by atoms with Gasteiger partial charge in [-0.1, -0.05) is 22.5 Å². The normalized spacial score (nSPS) is 11.1. The lowest BCUT2D eigenvalue weighted by atomic mass is 10.3. The Kier molecular flexibility index (Phi) is 4.61. The molecule has 10 heteroatoms. The number of rotatable bonds is 5. The van der Waals surface area contributed by atoms with Gasteiger partial charge in [-0.05, 0) is 0 Å². The van der Waals surface area contributed by atoms with Gasteiger partial charge in [-0.2, -0.15) is 0 Å². The third-order valence-electron chi connectivity index (χ3n) is 1.90. The van der Waals surface area contributed by atoms with Crippen molar-refractivity contribution < 1.29 is 22.5 Å². The second-order valence-electron chi connectivity index (χ2n) is 3.36. The van der Waals surface area contributed by atoms with Gasteiger partial charge in [-0.25, -0.2) is 17.9 Å². The van der Waals surface area contributed by atoms with Crippen molar-refractivity contribution in [2.75, 3.05) is 6.61 Å². The maximum Gasteiger partial charge on any atom is 0.312 e. The van der Waals surface area contributed by atoms with E-state index < -0.39 is 37.1 Å². The Morgan fingerprint density at radius 1 is 1.58 bits per heavy atom. The van der Waals surface area contributed by atoms with Crippen LogP contribution in [-0.4, -0.2) is 19.9 Å². The molecule has 0 saturated carbocycles. The van der Waals surface area contributed by atoms with E-state index in [0.717, 1.165) is 0 Å². The average Bonchev–Trinajstić information content (AvgIpc) is 2.23. The van der Waals surface area contributed by atoms with Crippen LogP contribution in [-0.2, 0) is 10.0 Å². The number of halogens is 2. The Labute approximate surface area is 116 Å². The smallest absolute Gasteiger partial charge is 0.312 e. The summed E-state index contributed by atoms with van der Waals surface area (Å²) >= 11 is 2.96. The van der Waals surface area contributed by atoms with Crippen LogP contribution >= 0.6 is 15.9 Å². The van der Waals surface area contributed by atoms with Crippen LogP contribution < -0.4 is 9.88 Å². The number of sulfonamides is 1. The maximum atomic E-state index is 13.5. The number of hydrogen-bond donors (Lipinski definition) is 1. The molecular formula is C9H8BrFN2O5S. The van der Waals surface area contributed by atoms with Crippen molar-refractivity contribution in [1.29, 1.82) is 0 Å². The molecule has 1 aromatic carbocycles. The molecule has 0 heterocycles. The number of hydrogen-bond acceptors (Lipinski definition) is 5. The van der Waals surface area contributed by atoms with Gasteiger partial charge in [0.2, 0.25) is 10.0 Å². The van der Waals surface area contributed by atoms with E-state index in [4.69, 9.17) is 9.88 Å². The molecule has 0 aromatic heterocycles. The fourth-order valence-corrected chi connectivity index (χ4v) is 1.88. The summed E-state index contributed by atoms with van der Waals surface area (Å²) in [6.45, 7) is 3.29. The summed E-state index contributed by atoms with van der Waals surface area (Å²) in [5.74, 6) is -1.65. The zero-order valence-electron chi connectivity index (χ0n) is 9.30. The molecule has 0 radical (unpaired) electrons. The summed E-state index contributed by atoms with van der Waals surface area (Å²) in [5, 5.41) is 15.5. The molecule has 0 amide bonds. The van der Waals surface area contributed by atoms with Crippen molar-refractivity contribution in [2.45, 2.75) is 4.90 Å². The monoisotopic (exact) mass is 354 g/mol. The molecule has 0 unspecified atom stereocenters. The number of primary sulfonamides is 1. The highest BCUT2D eigenvalue weighted by Gasteiger charge is 2.24. The highest BCUT2D eigenvalue weighted by atomic mass is 79.9. The molecule has 0 aliphatic heterocycles. The molecule has 0 aliphatic carbocycles. The van der Waals surface area contributed by atoms with E-state index in [1.165, 1.54) is 0 Å². The number of nitro benzene ring substituents is 1. The number of ether oxygens (including phenoxy) is 1. The highest BCUT2D eigenvalue weighted by Crippen LogP contribution is 2.32. The van der Waals surface area contributed by atoms with Crippen LogP contribution in [0.2, 0.25) is 0 Å². The molecule has 2 N–H and O–H groups in total. The maximum absolute atomic E-state index is 13.5.